The number of hydrogen-bond acceptors (Lipinski definition) is 4. The molecule has 1 N–H and O–H groups in total. The van der Waals surface area contributed by atoms with Gasteiger partial charge >= 0.3 is 0 Å². The number of aliphatic hydroxyl groups excluding tert-OH is 1. The molecule has 0 rings (SSSR count). The Morgan fingerprint density at radius 2 is 1.79 bits per heavy atom. The van der Waals surface area contributed by atoms with Crippen molar-refractivity contribution in [3.8, 4) is 0 Å². The van der Waals surface area contributed by atoms with Gasteiger partial charge in [0, 0.05) is 6.54 Å². The Morgan fingerprint density at radius 1 is 1.21 bits per heavy atom. The lowest BCUT2D eigenvalue weighted by molar-refractivity contribution is -0.0707. The summed E-state index contributed by atoms with van der Waals surface area (Å²) in [6.45, 7) is 8.02. The lowest BCUT2D eigenvalue weighted by Crippen LogP contribution is -2.36. The molecule has 1 unspecified atom stereocenters. The van der Waals surface area contributed by atoms with E-state index >= 15 is 0 Å². The Bertz CT molecular complexity index is 127. The Kier molecular flexibility index (Phi) is 8.08. The van der Waals surface area contributed by atoms with Crippen LogP contribution in [0.4, 0.5) is 0 Å². The van der Waals surface area contributed by atoms with Crippen LogP contribution in [-0.2, 0) is 4.74 Å². The molecule has 4 heteroatoms. The molecule has 0 saturated heterocycles. The Morgan fingerprint density at radius 3 is 2.14 bits per heavy atom. The predicted molar refractivity (Wildman–Crippen MR) is 58.3 cm³/mol. The van der Waals surface area contributed by atoms with Crippen LogP contribution in [0.1, 0.15) is 13.8 Å². The molecule has 0 aliphatic heterocycles. The van der Waals surface area contributed by atoms with E-state index in [1.807, 2.05) is 19.0 Å². The second kappa shape index (κ2) is 8.17. The maximum atomic E-state index is 9.00. The smallest absolute Gasteiger partial charge is 0.133 e. The van der Waals surface area contributed by atoms with Gasteiger partial charge in [0.1, 0.15) is 6.23 Å². The number of hydrogen-bond donors (Lipinski definition) is 1. The third-order valence-corrected chi connectivity index (χ3v) is 2.34. The molecular weight excluding hydrogens is 180 g/mol. The van der Waals surface area contributed by atoms with Crippen LogP contribution in [0.25, 0.3) is 0 Å². The fraction of sp³-hybridized carbons (Fsp3) is 1.00. The quantitative estimate of drug-likeness (QED) is 0.574. The third kappa shape index (κ3) is 5.54. The van der Waals surface area contributed by atoms with Gasteiger partial charge in [0.25, 0.3) is 0 Å². The van der Waals surface area contributed by atoms with Gasteiger partial charge in [-0.05, 0) is 27.2 Å². The lowest BCUT2D eigenvalue weighted by Gasteiger charge is -2.24. The molecule has 0 heterocycles. The highest BCUT2D eigenvalue weighted by molar-refractivity contribution is 4.54. The van der Waals surface area contributed by atoms with Gasteiger partial charge in [0.2, 0.25) is 0 Å². The molecule has 0 spiro atoms. The molecule has 0 aliphatic rings. The Balaban J connectivity index is 3.59. The zero-order valence-corrected chi connectivity index (χ0v) is 9.86. The van der Waals surface area contributed by atoms with Crippen LogP contribution < -0.4 is 0 Å². The molecule has 0 amide bonds. The minimum Gasteiger partial charge on any atom is -0.392 e. The van der Waals surface area contributed by atoms with Crippen molar-refractivity contribution < 1.29 is 9.84 Å². The van der Waals surface area contributed by atoms with Crippen molar-refractivity contribution in [2.45, 2.75) is 20.1 Å². The van der Waals surface area contributed by atoms with Crippen molar-refractivity contribution in [3.63, 3.8) is 0 Å². The van der Waals surface area contributed by atoms with Gasteiger partial charge in [0.05, 0.1) is 13.2 Å². The standard InChI is InChI=1S/C10H24N2O2/c1-5-12(6-2)7-8-14-10(9-13)11(3)4/h10,13H,5-9H2,1-4H3. The predicted octanol–water partition coefficient (Wildman–Crippen LogP) is 0.225. The average Bonchev–Trinajstić information content (AvgIpc) is 2.18. The first-order chi connectivity index (χ1) is 6.65. The van der Waals surface area contributed by atoms with Gasteiger partial charge in [0.15, 0.2) is 0 Å². The number of rotatable bonds is 8. The zero-order valence-electron chi connectivity index (χ0n) is 9.86. The largest absolute Gasteiger partial charge is 0.392 e. The molecule has 0 radical (unpaired) electrons. The SMILES string of the molecule is CCN(CC)CCOC(CO)N(C)C. The summed E-state index contributed by atoms with van der Waals surface area (Å²) in [7, 11) is 3.80. The lowest BCUT2D eigenvalue weighted by atomic mass is 10.5. The minimum atomic E-state index is -0.175. The van der Waals surface area contributed by atoms with Gasteiger partial charge in [-0.15, -0.1) is 0 Å². The van der Waals surface area contributed by atoms with Gasteiger partial charge in [-0.2, -0.15) is 0 Å². The summed E-state index contributed by atoms with van der Waals surface area (Å²) in [5, 5.41) is 9.00. The topological polar surface area (TPSA) is 35.9 Å². The maximum Gasteiger partial charge on any atom is 0.133 e. The number of likely N-dealkylation sites (N-methyl/N-ethyl adjacent to an activating group) is 2. The number of aliphatic hydroxyl groups is 1. The molecule has 0 aromatic rings. The average molecular weight is 204 g/mol. The summed E-state index contributed by atoms with van der Waals surface area (Å²) >= 11 is 0. The third-order valence-electron chi connectivity index (χ3n) is 2.34. The maximum absolute atomic E-state index is 9.00. The fourth-order valence-electron chi connectivity index (χ4n) is 1.22. The normalized spacial score (nSPS) is 13.9. The summed E-state index contributed by atoms with van der Waals surface area (Å²) in [6, 6.07) is 0. The summed E-state index contributed by atoms with van der Waals surface area (Å²) in [5.74, 6) is 0. The fourth-order valence-corrected chi connectivity index (χ4v) is 1.22. The molecule has 0 saturated carbocycles. The summed E-state index contributed by atoms with van der Waals surface area (Å²) < 4.78 is 5.52. The van der Waals surface area contributed by atoms with E-state index in [1.165, 1.54) is 0 Å². The zero-order chi connectivity index (χ0) is 11.0. The highest BCUT2D eigenvalue weighted by atomic mass is 16.5. The second-order valence-corrected chi connectivity index (χ2v) is 3.50. The molecule has 0 bridgehead atoms. The van der Waals surface area contributed by atoms with Crippen LogP contribution in [0.3, 0.4) is 0 Å². The van der Waals surface area contributed by atoms with E-state index < -0.39 is 0 Å². The molecule has 0 aromatic carbocycles. The number of ether oxygens (including phenoxy) is 1. The van der Waals surface area contributed by atoms with Crippen LogP contribution in [-0.4, -0.2) is 68.1 Å². The van der Waals surface area contributed by atoms with E-state index in [0.29, 0.717) is 6.61 Å². The van der Waals surface area contributed by atoms with Crippen molar-refractivity contribution in [3.05, 3.63) is 0 Å². The van der Waals surface area contributed by atoms with Crippen molar-refractivity contribution in [1.29, 1.82) is 0 Å². The van der Waals surface area contributed by atoms with Gasteiger partial charge < -0.3 is 14.7 Å². The first-order valence-electron chi connectivity index (χ1n) is 5.26. The highest BCUT2D eigenvalue weighted by Gasteiger charge is 2.09. The monoisotopic (exact) mass is 204 g/mol. The van der Waals surface area contributed by atoms with E-state index in [2.05, 4.69) is 18.7 Å². The van der Waals surface area contributed by atoms with Gasteiger partial charge in [-0.1, -0.05) is 13.8 Å². The van der Waals surface area contributed by atoms with Crippen LogP contribution in [0.5, 0.6) is 0 Å². The Hall–Kier alpha value is -0.160. The summed E-state index contributed by atoms with van der Waals surface area (Å²) in [5.41, 5.74) is 0. The van der Waals surface area contributed by atoms with Crippen molar-refractivity contribution in [1.82, 2.24) is 9.80 Å². The molecule has 0 aliphatic carbocycles. The van der Waals surface area contributed by atoms with Crippen molar-refractivity contribution in [2.24, 2.45) is 0 Å². The second-order valence-electron chi connectivity index (χ2n) is 3.50. The highest BCUT2D eigenvalue weighted by Crippen LogP contribution is 1.95. The summed E-state index contributed by atoms with van der Waals surface area (Å²) in [4.78, 5) is 4.17. The van der Waals surface area contributed by atoms with Crippen LogP contribution in [0.15, 0.2) is 0 Å². The number of nitrogens with zero attached hydrogens (tertiary/aromatic N) is 2. The molecule has 1 atom stereocenters. The molecule has 86 valence electrons. The van der Waals surface area contributed by atoms with Gasteiger partial charge in [-0.3, -0.25) is 4.90 Å². The van der Waals surface area contributed by atoms with E-state index in [4.69, 9.17) is 9.84 Å². The van der Waals surface area contributed by atoms with Crippen molar-refractivity contribution in [2.75, 3.05) is 46.9 Å². The van der Waals surface area contributed by atoms with Gasteiger partial charge in [-0.25, -0.2) is 0 Å². The first kappa shape index (κ1) is 13.8. The van der Waals surface area contributed by atoms with Crippen LogP contribution in [0, 0.1) is 0 Å². The molecule has 0 aromatic heterocycles. The molecule has 4 nitrogen and oxygen atoms in total. The molecule has 0 fully saturated rings. The minimum absolute atomic E-state index is 0.0469. The van der Waals surface area contributed by atoms with E-state index in [-0.39, 0.29) is 12.8 Å². The van der Waals surface area contributed by atoms with Crippen LogP contribution >= 0.6 is 0 Å². The summed E-state index contributed by atoms with van der Waals surface area (Å²) in [6.07, 6.45) is -0.175. The van der Waals surface area contributed by atoms with Crippen molar-refractivity contribution >= 4 is 0 Å². The van der Waals surface area contributed by atoms with E-state index in [1.54, 1.807) is 0 Å². The van der Waals surface area contributed by atoms with Crippen LogP contribution in [0.2, 0.25) is 0 Å². The van der Waals surface area contributed by atoms with E-state index in [9.17, 15) is 0 Å². The Labute approximate surface area is 87.5 Å². The first-order valence-corrected chi connectivity index (χ1v) is 5.26. The van der Waals surface area contributed by atoms with E-state index in [0.717, 1.165) is 19.6 Å². The molecular formula is C10H24N2O2. The molecule has 14 heavy (non-hydrogen) atoms.